The van der Waals surface area contributed by atoms with Gasteiger partial charge in [0.2, 0.25) is 0 Å². The molecule has 2 atom stereocenters. The Morgan fingerprint density at radius 1 is 0.567 bits per heavy atom. The number of urea groups is 2. The summed E-state index contributed by atoms with van der Waals surface area (Å²) >= 11 is 0. The molecule has 0 unspecified atom stereocenters. The molecule has 0 aliphatic carbocycles. The van der Waals surface area contributed by atoms with Crippen LogP contribution in [-0.2, 0) is 0 Å². The van der Waals surface area contributed by atoms with E-state index in [9.17, 15) is 9.59 Å². The smallest absolute Gasteiger partial charge is 0.319 e. The van der Waals surface area contributed by atoms with E-state index in [1.165, 1.54) is 0 Å². The second-order valence-electron chi connectivity index (χ2n) is 7.01. The molecule has 0 heterocycles. The maximum Gasteiger partial charge on any atom is 0.319 e. The highest BCUT2D eigenvalue weighted by molar-refractivity contribution is 5.98. The van der Waals surface area contributed by atoms with E-state index in [0.29, 0.717) is 11.4 Å². The normalized spacial score (nSPS) is 12.3. The van der Waals surface area contributed by atoms with Gasteiger partial charge in [-0.1, -0.05) is 72.8 Å². The third-order valence-corrected chi connectivity index (χ3v) is 4.72. The SMILES string of the molecule is C[C@H](NC(=O)Nc1ccccc1NC(=O)N[C@@H](C)c1ccccc1)c1ccccc1. The van der Waals surface area contributed by atoms with Gasteiger partial charge in [0.05, 0.1) is 23.5 Å². The molecule has 0 fully saturated rings. The summed E-state index contributed by atoms with van der Waals surface area (Å²) in [7, 11) is 0. The number of anilines is 2. The Bertz CT molecular complexity index is 896. The molecular weight excluding hydrogens is 376 g/mol. The molecule has 154 valence electrons. The van der Waals surface area contributed by atoms with Gasteiger partial charge in [0.25, 0.3) is 0 Å². The summed E-state index contributed by atoms with van der Waals surface area (Å²) in [6.07, 6.45) is 0. The maximum absolute atomic E-state index is 12.4. The van der Waals surface area contributed by atoms with E-state index in [4.69, 9.17) is 0 Å². The summed E-state index contributed by atoms with van der Waals surface area (Å²) in [5.41, 5.74) is 3.04. The fourth-order valence-corrected chi connectivity index (χ4v) is 3.06. The average Bonchev–Trinajstić information content (AvgIpc) is 2.76. The summed E-state index contributed by atoms with van der Waals surface area (Å²) in [4.78, 5) is 24.9. The standard InChI is InChI=1S/C24H26N4O2/c1-17(19-11-5-3-6-12-19)25-23(29)27-21-15-9-10-16-22(21)28-24(30)26-18(2)20-13-7-4-8-14-20/h3-18H,1-2H3,(H2,25,27,29)(H2,26,28,30)/t17-,18-/m0/s1. The third kappa shape index (κ3) is 5.85. The van der Waals surface area contributed by atoms with E-state index in [0.717, 1.165) is 11.1 Å². The first-order chi connectivity index (χ1) is 14.5. The van der Waals surface area contributed by atoms with Crippen molar-refractivity contribution in [3.05, 3.63) is 96.1 Å². The van der Waals surface area contributed by atoms with Gasteiger partial charge < -0.3 is 21.3 Å². The summed E-state index contributed by atoms with van der Waals surface area (Å²) in [6, 6.07) is 25.5. The van der Waals surface area contributed by atoms with Crippen molar-refractivity contribution in [3.63, 3.8) is 0 Å². The lowest BCUT2D eigenvalue weighted by Gasteiger charge is -2.18. The van der Waals surface area contributed by atoms with Gasteiger partial charge in [-0.15, -0.1) is 0 Å². The molecule has 0 aromatic heterocycles. The lowest BCUT2D eigenvalue weighted by atomic mass is 10.1. The topological polar surface area (TPSA) is 82.3 Å². The van der Waals surface area contributed by atoms with Crippen molar-refractivity contribution in [1.29, 1.82) is 0 Å². The summed E-state index contributed by atoms with van der Waals surface area (Å²) in [5, 5.41) is 11.4. The Labute approximate surface area is 176 Å². The van der Waals surface area contributed by atoms with Gasteiger partial charge in [-0.05, 0) is 37.1 Å². The zero-order valence-electron chi connectivity index (χ0n) is 17.1. The van der Waals surface area contributed by atoms with Crippen LogP contribution in [0.15, 0.2) is 84.9 Å². The van der Waals surface area contributed by atoms with Crippen molar-refractivity contribution in [2.45, 2.75) is 25.9 Å². The van der Waals surface area contributed by atoms with E-state index in [-0.39, 0.29) is 24.1 Å². The number of benzene rings is 3. The molecule has 0 radical (unpaired) electrons. The highest BCUT2D eigenvalue weighted by atomic mass is 16.2. The molecule has 3 rings (SSSR count). The van der Waals surface area contributed by atoms with E-state index >= 15 is 0 Å². The summed E-state index contributed by atoms with van der Waals surface area (Å²) in [5.74, 6) is 0. The molecule has 3 aromatic carbocycles. The molecule has 30 heavy (non-hydrogen) atoms. The number of nitrogens with one attached hydrogen (secondary N) is 4. The minimum absolute atomic E-state index is 0.152. The van der Waals surface area contributed by atoms with Crippen LogP contribution < -0.4 is 21.3 Å². The number of hydrogen-bond acceptors (Lipinski definition) is 2. The fourth-order valence-electron chi connectivity index (χ4n) is 3.06. The van der Waals surface area contributed by atoms with E-state index in [2.05, 4.69) is 21.3 Å². The number of amides is 4. The van der Waals surface area contributed by atoms with Crippen LogP contribution in [0.5, 0.6) is 0 Å². The number of carbonyl (C=O) groups excluding carboxylic acids is 2. The largest absolute Gasteiger partial charge is 0.331 e. The van der Waals surface area contributed by atoms with Gasteiger partial charge in [0.1, 0.15) is 0 Å². The van der Waals surface area contributed by atoms with Crippen molar-refractivity contribution in [1.82, 2.24) is 10.6 Å². The lowest BCUT2D eigenvalue weighted by molar-refractivity contribution is 0.248. The minimum Gasteiger partial charge on any atom is -0.331 e. The molecule has 0 aliphatic rings. The van der Waals surface area contributed by atoms with Crippen molar-refractivity contribution < 1.29 is 9.59 Å². The van der Waals surface area contributed by atoms with Crippen molar-refractivity contribution >= 4 is 23.4 Å². The number of carbonyl (C=O) groups is 2. The van der Waals surface area contributed by atoms with E-state index < -0.39 is 0 Å². The van der Waals surface area contributed by atoms with E-state index in [1.807, 2.05) is 74.5 Å². The Hall–Kier alpha value is -3.80. The van der Waals surface area contributed by atoms with E-state index in [1.54, 1.807) is 24.3 Å². The lowest BCUT2D eigenvalue weighted by Crippen LogP contribution is -2.33. The fraction of sp³-hybridized carbons (Fsp3) is 0.167. The van der Waals surface area contributed by atoms with Crippen LogP contribution in [0.1, 0.15) is 37.1 Å². The highest BCUT2D eigenvalue weighted by Crippen LogP contribution is 2.22. The second kappa shape index (κ2) is 10.1. The highest BCUT2D eigenvalue weighted by Gasteiger charge is 2.14. The van der Waals surface area contributed by atoms with Gasteiger partial charge in [0, 0.05) is 0 Å². The zero-order chi connectivity index (χ0) is 21.3. The first kappa shape index (κ1) is 20.9. The summed E-state index contributed by atoms with van der Waals surface area (Å²) < 4.78 is 0. The average molecular weight is 402 g/mol. The monoisotopic (exact) mass is 402 g/mol. The first-order valence-electron chi connectivity index (χ1n) is 9.87. The first-order valence-corrected chi connectivity index (χ1v) is 9.87. The van der Waals surface area contributed by atoms with Gasteiger partial charge >= 0.3 is 12.1 Å². The van der Waals surface area contributed by atoms with Crippen LogP contribution >= 0.6 is 0 Å². The predicted octanol–water partition coefficient (Wildman–Crippen LogP) is 5.45. The molecule has 0 saturated heterocycles. The zero-order valence-corrected chi connectivity index (χ0v) is 17.1. The third-order valence-electron chi connectivity index (χ3n) is 4.72. The molecular formula is C24H26N4O2. The second-order valence-corrected chi connectivity index (χ2v) is 7.01. The molecule has 6 nitrogen and oxygen atoms in total. The van der Waals surface area contributed by atoms with Crippen LogP contribution in [0.2, 0.25) is 0 Å². The van der Waals surface area contributed by atoms with Crippen molar-refractivity contribution in [2.24, 2.45) is 0 Å². The van der Waals surface area contributed by atoms with Gasteiger partial charge in [-0.2, -0.15) is 0 Å². The molecule has 0 spiro atoms. The molecule has 3 aromatic rings. The number of hydrogen-bond donors (Lipinski definition) is 4. The van der Waals surface area contributed by atoms with Crippen molar-refractivity contribution in [3.8, 4) is 0 Å². The van der Waals surface area contributed by atoms with Gasteiger partial charge in [0.15, 0.2) is 0 Å². The van der Waals surface area contributed by atoms with Crippen LogP contribution in [0.3, 0.4) is 0 Å². The molecule has 0 aliphatic heterocycles. The molecule has 6 heteroatoms. The molecule has 0 bridgehead atoms. The van der Waals surface area contributed by atoms with Crippen molar-refractivity contribution in [2.75, 3.05) is 10.6 Å². The Morgan fingerprint density at radius 3 is 1.27 bits per heavy atom. The quantitative estimate of drug-likeness (QED) is 0.442. The molecule has 4 N–H and O–H groups in total. The maximum atomic E-state index is 12.4. The van der Waals surface area contributed by atoms with Crippen LogP contribution in [0.25, 0.3) is 0 Å². The van der Waals surface area contributed by atoms with Crippen LogP contribution in [0.4, 0.5) is 21.0 Å². The summed E-state index contributed by atoms with van der Waals surface area (Å²) in [6.45, 7) is 3.83. The molecule has 0 saturated carbocycles. The van der Waals surface area contributed by atoms with Crippen LogP contribution in [-0.4, -0.2) is 12.1 Å². The predicted molar refractivity (Wildman–Crippen MR) is 120 cm³/mol. The Morgan fingerprint density at radius 2 is 0.900 bits per heavy atom. The number of para-hydroxylation sites is 2. The van der Waals surface area contributed by atoms with Gasteiger partial charge in [-0.3, -0.25) is 0 Å². The Balaban J connectivity index is 1.60. The minimum atomic E-state index is -0.348. The van der Waals surface area contributed by atoms with Gasteiger partial charge in [-0.25, -0.2) is 9.59 Å². The van der Waals surface area contributed by atoms with Crippen LogP contribution in [0, 0.1) is 0 Å². The number of rotatable bonds is 6. The Kier molecular flexibility index (Phi) is 7.05. The molecule has 4 amide bonds.